The smallest absolute Gasteiger partial charge is 0.258 e. The molecule has 0 radical (unpaired) electrons. The van der Waals surface area contributed by atoms with Crippen LogP contribution in [0.15, 0.2) is 22.7 Å². The van der Waals surface area contributed by atoms with Crippen LogP contribution in [0.4, 0.5) is 5.69 Å². The predicted molar refractivity (Wildman–Crippen MR) is 83.9 cm³/mol. The number of nitrogen functional groups attached to an aromatic ring is 1. The van der Waals surface area contributed by atoms with E-state index in [2.05, 4.69) is 24.0 Å². The van der Waals surface area contributed by atoms with Gasteiger partial charge in [-0.1, -0.05) is 25.1 Å². The summed E-state index contributed by atoms with van der Waals surface area (Å²) in [5.74, 6) is 1.85. The van der Waals surface area contributed by atoms with Crippen LogP contribution in [0.5, 0.6) is 0 Å². The van der Waals surface area contributed by atoms with Crippen molar-refractivity contribution in [3.63, 3.8) is 0 Å². The van der Waals surface area contributed by atoms with Crippen molar-refractivity contribution in [3.8, 4) is 11.5 Å². The molecule has 1 saturated carbocycles. The van der Waals surface area contributed by atoms with Crippen molar-refractivity contribution in [1.29, 1.82) is 0 Å². The summed E-state index contributed by atoms with van der Waals surface area (Å²) in [4.78, 5) is 4.59. The van der Waals surface area contributed by atoms with Gasteiger partial charge in [0.1, 0.15) is 0 Å². The van der Waals surface area contributed by atoms with Crippen molar-refractivity contribution in [2.45, 2.75) is 52.4 Å². The van der Waals surface area contributed by atoms with E-state index >= 15 is 0 Å². The van der Waals surface area contributed by atoms with Gasteiger partial charge in [0.25, 0.3) is 5.89 Å². The molecule has 1 fully saturated rings. The molecule has 0 bridgehead atoms. The Morgan fingerprint density at radius 2 is 1.95 bits per heavy atom. The molecule has 4 nitrogen and oxygen atoms in total. The quantitative estimate of drug-likeness (QED) is 0.835. The molecule has 0 atom stereocenters. The Morgan fingerprint density at radius 3 is 2.62 bits per heavy atom. The molecule has 1 heterocycles. The molecular weight excluding hydrogens is 262 g/mol. The topological polar surface area (TPSA) is 64.9 Å². The summed E-state index contributed by atoms with van der Waals surface area (Å²) in [5.41, 5.74) is 9.12. The van der Waals surface area contributed by atoms with Crippen LogP contribution < -0.4 is 5.73 Å². The minimum Gasteiger partial charge on any atom is -0.398 e. The van der Waals surface area contributed by atoms with E-state index in [4.69, 9.17) is 10.3 Å². The first-order valence-electron chi connectivity index (χ1n) is 7.65. The summed E-state index contributed by atoms with van der Waals surface area (Å²) in [7, 11) is 0. The summed E-state index contributed by atoms with van der Waals surface area (Å²) in [6.07, 6.45) is 4.72. The Balaban J connectivity index is 1.79. The SMILES string of the molecule is Cc1ccc(-c2nc(C3CCC(C)(C)CC3)no2)cc1N. The zero-order valence-electron chi connectivity index (χ0n) is 13.0. The van der Waals surface area contributed by atoms with E-state index in [1.54, 1.807) is 0 Å². The Kier molecular flexibility index (Phi) is 3.47. The first kappa shape index (κ1) is 14.1. The highest BCUT2D eigenvalue weighted by atomic mass is 16.5. The number of aryl methyl sites for hydroxylation is 1. The summed E-state index contributed by atoms with van der Waals surface area (Å²) in [6, 6.07) is 5.86. The fourth-order valence-electron chi connectivity index (χ4n) is 2.95. The van der Waals surface area contributed by atoms with Crippen molar-refractivity contribution in [3.05, 3.63) is 29.6 Å². The molecule has 2 aromatic rings. The molecule has 112 valence electrons. The molecule has 0 saturated heterocycles. The van der Waals surface area contributed by atoms with Crippen LogP contribution in [0.1, 0.15) is 56.8 Å². The molecule has 1 aliphatic carbocycles. The van der Waals surface area contributed by atoms with Gasteiger partial charge < -0.3 is 10.3 Å². The lowest BCUT2D eigenvalue weighted by molar-refractivity contribution is 0.218. The van der Waals surface area contributed by atoms with E-state index in [-0.39, 0.29) is 0 Å². The Bertz CT molecular complexity index is 635. The van der Waals surface area contributed by atoms with Crippen LogP contribution in [0, 0.1) is 12.3 Å². The van der Waals surface area contributed by atoms with Crippen molar-refractivity contribution in [1.82, 2.24) is 10.1 Å². The number of nitrogens with zero attached hydrogens (tertiary/aromatic N) is 2. The van der Waals surface area contributed by atoms with Gasteiger partial charge in [0.05, 0.1) is 0 Å². The van der Waals surface area contributed by atoms with Gasteiger partial charge in [0, 0.05) is 17.2 Å². The minimum absolute atomic E-state index is 0.429. The number of nitrogens with two attached hydrogens (primary N) is 1. The lowest BCUT2D eigenvalue weighted by Crippen LogP contribution is -2.20. The second-order valence-corrected chi connectivity index (χ2v) is 6.97. The molecule has 1 aliphatic rings. The maximum absolute atomic E-state index is 5.95. The number of rotatable bonds is 2. The fourth-order valence-corrected chi connectivity index (χ4v) is 2.95. The molecule has 0 unspecified atom stereocenters. The molecule has 0 spiro atoms. The molecular formula is C17H23N3O. The minimum atomic E-state index is 0.429. The first-order chi connectivity index (χ1) is 9.94. The van der Waals surface area contributed by atoms with E-state index in [9.17, 15) is 0 Å². The van der Waals surface area contributed by atoms with Crippen LogP contribution in [0.3, 0.4) is 0 Å². The van der Waals surface area contributed by atoms with Gasteiger partial charge in [-0.15, -0.1) is 0 Å². The third kappa shape index (κ3) is 2.94. The van der Waals surface area contributed by atoms with Gasteiger partial charge in [-0.2, -0.15) is 4.98 Å². The molecule has 1 aromatic carbocycles. The van der Waals surface area contributed by atoms with Crippen molar-refractivity contribution in [2.75, 3.05) is 5.73 Å². The van der Waals surface area contributed by atoms with Crippen LogP contribution in [-0.4, -0.2) is 10.1 Å². The molecule has 1 aromatic heterocycles. The first-order valence-corrected chi connectivity index (χ1v) is 7.65. The third-order valence-electron chi connectivity index (χ3n) is 4.67. The average Bonchev–Trinajstić information content (AvgIpc) is 2.91. The number of aromatic nitrogens is 2. The second kappa shape index (κ2) is 5.17. The number of hydrogen-bond acceptors (Lipinski definition) is 4. The molecule has 2 N–H and O–H groups in total. The van der Waals surface area contributed by atoms with E-state index in [1.165, 1.54) is 12.8 Å². The van der Waals surface area contributed by atoms with E-state index in [1.807, 2.05) is 25.1 Å². The van der Waals surface area contributed by atoms with E-state index in [0.29, 0.717) is 17.2 Å². The fraction of sp³-hybridized carbons (Fsp3) is 0.529. The van der Waals surface area contributed by atoms with E-state index in [0.717, 1.165) is 35.5 Å². The predicted octanol–water partition coefficient (Wildman–Crippen LogP) is 4.31. The number of anilines is 1. The van der Waals surface area contributed by atoms with Crippen LogP contribution in [0.2, 0.25) is 0 Å². The van der Waals surface area contributed by atoms with Gasteiger partial charge in [-0.05, 0) is 55.7 Å². The average molecular weight is 285 g/mol. The zero-order valence-corrected chi connectivity index (χ0v) is 13.0. The lowest BCUT2D eigenvalue weighted by Gasteiger charge is -2.32. The monoisotopic (exact) mass is 285 g/mol. The largest absolute Gasteiger partial charge is 0.398 e. The van der Waals surface area contributed by atoms with Gasteiger partial charge in [-0.3, -0.25) is 0 Å². The van der Waals surface area contributed by atoms with Gasteiger partial charge in [0.15, 0.2) is 5.82 Å². The highest BCUT2D eigenvalue weighted by Crippen LogP contribution is 2.41. The van der Waals surface area contributed by atoms with Crippen molar-refractivity contribution >= 4 is 5.69 Å². The van der Waals surface area contributed by atoms with Crippen LogP contribution in [0.25, 0.3) is 11.5 Å². The molecule has 21 heavy (non-hydrogen) atoms. The highest BCUT2D eigenvalue weighted by Gasteiger charge is 2.30. The Hall–Kier alpha value is -1.84. The summed E-state index contributed by atoms with van der Waals surface area (Å²) in [5, 5.41) is 4.19. The lowest BCUT2D eigenvalue weighted by atomic mass is 9.73. The molecule has 0 aliphatic heterocycles. The summed E-state index contributed by atoms with van der Waals surface area (Å²) in [6.45, 7) is 6.65. The standard InChI is InChI=1S/C17H23N3O/c1-11-4-5-13(10-14(11)18)16-19-15(20-21-16)12-6-8-17(2,3)9-7-12/h4-5,10,12H,6-9,18H2,1-3H3. The molecule has 0 amide bonds. The zero-order chi connectivity index (χ0) is 15.0. The van der Waals surface area contributed by atoms with E-state index < -0.39 is 0 Å². The second-order valence-electron chi connectivity index (χ2n) is 6.97. The van der Waals surface area contributed by atoms with Gasteiger partial charge in [-0.25, -0.2) is 0 Å². The van der Waals surface area contributed by atoms with Crippen LogP contribution in [-0.2, 0) is 0 Å². The maximum Gasteiger partial charge on any atom is 0.258 e. The Morgan fingerprint density at radius 1 is 1.24 bits per heavy atom. The maximum atomic E-state index is 5.95. The van der Waals surface area contributed by atoms with Crippen molar-refractivity contribution < 1.29 is 4.52 Å². The van der Waals surface area contributed by atoms with Crippen LogP contribution >= 0.6 is 0 Å². The number of hydrogen-bond donors (Lipinski definition) is 1. The van der Waals surface area contributed by atoms with Gasteiger partial charge >= 0.3 is 0 Å². The van der Waals surface area contributed by atoms with Gasteiger partial charge in [0.2, 0.25) is 0 Å². The molecule has 3 rings (SSSR count). The Labute approximate surface area is 125 Å². The normalized spacial score (nSPS) is 18.8. The third-order valence-corrected chi connectivity index (χ3v) is 4.67. The molecule has 4 heteroatoms. The van der Waals surface area contributed by atoms with Crippen molar-refractivity contribution in [2.24, 2.45) is 5.41 Å². The summed E-state index contributed by atoms with van der Waals surface area (Å²) >= 11 is 0. The summed E-state index contributed by atoms with van der Waals surface area (Å²) < 4.78 is 5.43. The number of benzene rings is 1. The highest BCUT2D eigenvalue weighted by molar-refractivity contribution is 5.62.